The van der Waals surface area contributed by atoms with Crippen LogP contribution in [0.4, 0.5) is 17.6 Å². The van der Waals surface area contributed by atoms with Crippen LogP contribution in [-0.2, 0) is 0 Å². The van der Waals surface area contributed by atoms with Crippen molar-refractivity contribution >= 4 is 33.3 Å². The van der Waals surface area contributed by atoms with Crippen LogP contribution in [0, 0.1) is 5.41 Å². The maximum absolute atomic E-state index is 10.2. The van der Waals surface area contributed by atoms with Gasteiger partial charge in [0.05, 0.1) is 15.7 Å². The molecule has 2 aromatic rings. The second-order valence-corrected chi connectivity index (χ2v) is 7.98. The maximum atomic E-state index is 10.2. The number of hydrogen-bond acceptors (Lipinski definition) is 6. The average Bonchev–Trinajstić information content (AvgIpc) is 3.05. The molecule has 4 radical (unpaired) electrons. The Morgan fingerprint density at radius 2 is 2.15 bits per heavy atom. The van der Waals surface area contributed by atoms with Crippen molar-refractivity contribution in [1.29, 1.82) is 0 Å². The molecule has 0 spiro atoms. The van der Waals surface area contributed by atoms with E-state index in [1.54, 1.807) is 6.20 Å². The molecule has 2 aliphatic carbocycles. The quantitative estimate of drug-likeness (QED) is 0.704. The molecule has 0 aromatic carbocycles. The molecule has 3 fully saturated rings. The van der Waals surface area contributed by atoms with Crippen LogP contribution in [0.3, 0.4) is 0 Å². The van der Waals surface area contributed by atoms with Crippen LogP contribution in [0.25, 0.3) is 0 Å². The highest BCUT2D eigenvalue weighted by Gasteiger charge is 2.56. The van der Waals surface area contributed by atoms with E-state index in [9.17, 15) is 5.11 Å². The SMILES string of the molecule is [B]C([B])(O)C12CCC(C1)N(c1nccc(Nc3cc(C4CC4)[nH]n3)n1)C2. The van der Waals surface area contributed by atoms with Crippen LogP contribution in [0.5, 0.6) is 0 Å². The largest absolute Gasteiger partial charge is 0.409 e. The zero-order chi connectivity index (χ0) is 17.9. The Bertz CT molecular complexity index is 833. The van der Waals surface area contributed by atoms with Crippen molar-refractivity contribution in [2.45, 2.75) is 49.5 Å². The van der Waals surface area contributed by atoms with Gasteiger partial charge in [-0.1, -0.05) is 0 Å². The average molecular weight is 346 g/mol. The molecule has 26 heavy (non-hydrogen) atoms. The van der Waals surface area contributed by atoms with Crippen molar-refractivity contribution in [3.05, 3.63) is 24.0 Å². The van der Waals surface area contributed by atoms with Crippen LogP contribution < -0.4 is 10.2 Å². The highest BCUT2D eigenvalue weighted by molar-refractivity contribution is 6.39. The van der Waals surface area contributed by atoms with Crippen LogP contribution in [-0.4, -0.2) is 59.0 Å². The minimum Gasteiger partial charge on any atom is -0.409 e. The van der Waals surface area contributed by atoms with Crippen molar-refractivity contribution in [3.63, 3.8) is 0 Å². The number of nitrogens with one attached hydrogen (secondary N) is 2. The number of rotatable bonds is 5. The van der Waals surface area contributed by atoms with Crippen molar-refractivity contribution in [2.75, 3.05) is 16.8 Å². The standard InChI is InChI=1S/C17H20B2N6O/c18-17(19,26)16-5-3-11(8-16)25(9-16)15-20-6-4-13(22-15)21-14-7-12(23-24-14)10-1-2-10/h4,6-7,10-11,26H,1-3,5,8-9H2,(H2,20,21,22,23,24). The van der Waals surface area contributed by atoms with E-state index in [0.29, 0.717) is 24.2 Å². The first-order valence-electron chi connectivity index (χ1n) is 9.16. The number of aromatic amines is 1. The molecule has 1 saturated heterocycles. The molecule has 2 bridgehead atoms. The summed E-state index contributed by atoms with van der Waals surface area (Å²) in [4.78, 5) is 11.2. The zero-order valence-electron chi connectivity index (χ0n) is 14.5. The summed E-state index contributed by atoms with van der Waals surface area (Å²) in [5.41, 5.74) is 0.678. The van der Waals surface area contributed by atoms with E-state index in [-0.39, 0.29) is 6.04 Å². The van der Waals surface area contributed by atoms with Crippen LogP contribution >= 0.6 is 0 Å². The lowest BCUT2D eigenvalue weighted by Crippen LogP contribution is -2.51. The first-order valence-corrected chi connectivity index (χ1v) is 9.16. The minimum atomic E-state index is -1.68. The maximum Gasteiger partial charge on any atom is 0.227 e. The van der Waals surface area contributed by atoms with Gasteiger partial charge in [-0.05, 0) is 43.6 Å². The predicted molar refractivity (Wildman–Crippen MR) is 99.8 cm³/mol. The Kier molecular flexibility index (Phi) is 3.41. The van der Waals surface area contributed by atoms with E-state index in [0.717, 1.165) is 25.1 Å². The Hall–Kier alpha value is -2.02. The van der Waals surface area contributed by atoms with Crippen molar-refractivity contribution in [3.8, 4) is 0 Å². The Labute approximate surface area is 154 Å². The minimum absolute atomic E-state index is 0.260. The van der Waals surface area contributed by atoms with Gasteiger partial charge in [-0.3, -0.25) is 5.10 Å². The Morgan fingerprint density at radius 1 is 1.31 bits per heavy atom. The van der Waals surface area contributed by atoms with Crippen molar-refractivity contribution < 1.29 is 5.11 Å². The number of aromatic nitrogens is 4. The van der Waals surface area contributed by atoms with Gasteiger partial charge in [-0.15, -0.1) is 0 Å². The number of fused-ring (bicyclic) bond motifs is 2. The molecule has 1 aliphatic heterocycles. The van der Waals surface area contributed by atoms with E-state index >= 15 is 0 Å². The summed E-state index contributed by atoms with van der Waals surface area (Å²) < 4.78 is 0. The molecule has 2 aromatic heterocycles. The van der Waals surface area contributed by atoms with Gasteiger partial charge >= 0.3 is 0 Å². The smallest absolute Gasteiger partial charge is 0.227 e. The van der Waals surface area contributed by atoms with Crippen LogP contribution in [0.1, 0.15) is 43.7 Å². The van der Waals surface area contributed by atoms with E-state index in [4.69, 9.17) is 15.7 Å². The first kappa shape index (κ1) is 16.2. The molecule has 2 unspecified atom stereocenters. The van der Waals surface area contributed by atoms with Gasteiger partial charge in [-0.25, -0.2) is 4.98 Å². The molecule has 2 saturated carbocycles. The van der Waals surface area contributed by atoms with Gasteiger partial charge in [0.2, 0.25) is 5.95 Å². The van der Waals surface area contributed by atoms with E-state index in [1.807, 2.05) is 12.1 Å². The molecule has 5 rings (SSSR count). The molecule has 130 valence electrons. The summed E-state index contributed by atoms with van der Waals surface area (Å²) >= 11 is 0. The number of H-pyrrole nitrogens is 1. The fourth-order valence-corrected chi connectivity index (χ4v) is 4.38. The van der Waals surface area contributed by atoms with Gasteiger partial charge in [0, 0.05) is 41.9 Å². The van der Waals surface area contributed by atoms with Crippen molar-refractivity contribution in [1.82, 2.24) is 20.2 Å². The highest BCUT2D eigenvalue weighted by Crippen LogP contribution is 2.52. The Balaban J connectivity index is 1.35. The second kappa shape index (κ2) is 5.49. The van der Waals surface area contributed by atoms with Gasteiger partial charge in [-0.2, -0.15) is 10.1 Å². The fraction of sp³-hybridized carbons (Fsp3) is 0.588. The molecule has 0 amide bonds. The molecule has 2 atom stereocenters. The monoisotopic (exact) mass is 346 g/mol. The van der Waals surface area contributed by atoms with Crippen LogP contribution in [0.2, 0.25) is 0 Å². The summed E-state index contributed by atoms with van der Waals surface area (Å²) in [5, 5.41) is 19.2. The second-order valence-electron chi connectivity index (χ2n) is 7.98. The molecule has 3 heterocycles. The Morgan fingerprint density at radius 3 is 2.88 bits per heavy atom. The summed E-state index contributed by atoms with van der Waals surface area (Å²) in [5.74, 6) is 2.70. The summed E-state index contributed by atoms with van der Waals surface area (Å²) in [7, 11) is 11.7. The van der Waals surface area contributed by atoms with Crippen LogP contribution in [0.15, 0.2) is 18.3 Å². The lowest BCUT2D eigenvalue weighted by Gasteiger charge is -2.41. The normalized spacial score (nSPS) is 27.9. The molecule has 3 aliphatic rings. The summed E-state index contributed by atoms with van der Waals surface area (Å²) in [6.45, 7) is 0.568. The third-order valence-electron chi connectivity index (χ3n) is 6.12. The fourth-order valence-electron chi connectivity index (χ4n) is 4.38. The third kappa shape index (κ3) is 2.60. The lowest BCUT2D eigenvalue weighted by molar-refractivity contribution is 0.0708. The predicted octanol–water partition coefficient (Wildman–Crippen LogP) is 1.16. The molecular formula is C17H20B2N6O. The molecule has 3 N–H and O–H groups in total. The van der Waals surface area contributed by atoms with Crippen molar-refractivity contribution in [2.24, 2.45) is 5.41 Å². The van der Waals surface area contributed by atoms with Gasteiger partial charge < -0.3 is 15.3 Å². The number of piperidine rings is 1. The number of aliphatic hydroxyl groups is 1. The van der Waals surface area contributed by atoms with Gasteiger partial charge in [0.1, 0.15) is 5.82 Å². The molecule has 9 heteroatoms. The third-order valence-corrected chi connectivity index (χ3v) is 6.12. The molecule has 7 nitrogen and oxygen atoms in total. The molecular weight excluding hydrogens is 326 g/mol. The van der Waals surface area contributed by atoms with E-state index in [2.05, 4.69) is 30.4 Å². The van der Waals surface area contributed by atoms with E-state index < -0.39 is 10.8 Å². The first-order chi connectivity index (χ1) is 12.4. The van der Waals surface area contributed by atoms with Gasteiger partial charge in [0.25, 0.3) is 0 Å². The highest BCUT2D eigenvalue weighted by atomic mass is 16.3. The summed E-state index contributed by atoms with van der Waals surface area (Å²) in [6.07, 6.45) is 6.71. The zero-order valence-corrected chi connectivity index (χ0v) is 14.5. The lowest BCUT2D eigenvalue weighted by atomic mass is 9.50. The number of nitrogens with zero attached hydrogens (tertiary/aromatic N) is 4. The topological polar surface area (TPSA) is 90.0 Å². The van der Waals surface area contributed by atoms with E-state index in [1.165, 1.54) is 18.5 Å². The number of anilines is 3. The summed E-state index contributed by atoms with van der Waals surface area (Å²) in [6, 6.07) is 4.12. The number of hydrogen-bond donors (Lipinski definition) is 3. The van der Waals surface area contributed by atoms with Gasteiger partial charge in [0.15, 0.2) is 5.82 Å².